The Labute approximate surface area is 119 Å². The van der Waals surface area contributed by atoms with Crippen LogP contribution in [-0.4, -0.2) is 60.6 Å². The molecule has 19 heavy (non-hydrogen) atoms. The predicted octanol–water partition coefficient (Wildman–Crippen LogP) is 0.268. The highest BCUT2D eigenvalue weighted by atomic mass is 35.5. The maximum atomic E-state index is 12.0. The molecule has 1 N–H and O–H groups in total. The second kappa shape index (κ2) is 7.47. The van der Waals surface area contributed by atoms with Crippen LogP contribution in [0, 0.1) is 6.92 Å². The van der Waals surface area contributed by atoms with Gasteiger partial charge in [0.2, 0.25) is 5.91 Å². The van der Waals surface area contributed by atoms with E-state index in [0.717, 1.165) is 37.6 Å². The summed E-state index contributed by atoms with van der Waals surface area (Å²) in [7, 11) is 1.92. The minimum Gasteiger partial charge on any atom is -0.361 e. The highest BCUT2D eigenvalue weighted by molar-refractivity contribution is 5.85. The summed E-state index contributed by atoms with van der Waals surface area (Å²) in [4.78, 5) is 15.9. The molecule has 0 aliphatic carbocycles. The van der Waals surface area contributed by atoms with Crippen molar-refractivity contribution in [1.82, 2.24) is 20.3 Å². The normalized spacial score (nSPS) is 15.4. The van der Waals surface area contributed by atoms with Crippen LogP contribution < -0.4 is 5.32 Å². The Morgan fingerprint density at radius 3 is 2.79 bits per heavy atom. The molecule has 1 fully saturated rings. The Balaban J connectivity index is 0.00000180. The molecule has 0 aromatic carbocycles. The second-order valence-corrected chi connectivity index (χ2v) is 4.73. The number of halogens is 1. The van der Waals surface area contributed by atoms with Crippen molar-refractivity contribution in [3.8, 4) is 0 Å². The van der Waals surface area contributed by atoms with Crippen LogP contribution in [0.4, 0.5) is 0 Å². The lowest BCUT2D eigenvalue weighted by Crippen LogP contribution is -2.49. The summed E-state index contributed by atoms with van der Waals surface area (Å²) in [5, 5.41) is 7.16. The fourth-order valence-corrected chi connectivity index (χ4v) is 2.07. The molecule has 1 saturated heterocycles. The van der Waals surface area contributed by atoms with E-state index in [1.807, 2.05) is 29.8 Å². The largest absolute Gasteiger partial charge is 0.361 e. The predicted molar refractivity (Wildman–Crippen MR) is 74.3 cm³/mol. The van der Waals surface area contributed by atoms with Crippen LogP contribution in [0.2, 0.25) is 0 Å². The zero-order valence-electron chi connectivity index (χ0n) is 11.4. The summed E-state index contributed by atoms with van der Waals surface area (Å²) in [6.45, 7) is 6.30. The summed E-state index contributed by atoms with van der Waals surface area (Å²) in [6.07, 6.45) is 0. The maximum Gasteiger partial charge on any atom is 0.236 e. The number of carbonyl (C=O) groups excluding carboxylic acids is 1. The van der Waals surface area contributed by atoms with Crippen molar-refractivity contribution in [2.45, 2.75) is 13.5 Å². The van der Waals surface area contributed by atoms with E-state index in [1.165, 1.54) is 0 Å². The highest BCUT2D eigenvalue weighted by Gasteiger charge is 2.18. The van der Waals surface area contributed by atoms with Gasteiger partial charge in [-0.15, -0.1) is 12.4 Å². The SMILES string of the molecule is Cc1cc(CN(C)CC(=O)N2CCNCC2)no1.Cl. The Bertz CT molecular complexity index is 404. The molecule has 0 radical (unpaired) electrons. The molecule has 0 atom stereocenters. The molecule has 1 aliphatic rings. The van der Waals surface area contributed by atoms with Gasteiger partial charge in [0.05, 0.1) is 12.2 Å². The van der Waals surface area contributed by atoms with Gasteiger partial charge in [-0.1, -0.05) is 5.16 Å². The molecule has 1 aliphatic heterocycles. The van der Waals surface area contributed by atoms with Gasteiger partial charge in [-0.3, -0.25) is 9.69 Å². The summed E-state index contributed by atoms with van der Waals surface area (Å²) < 4.78 is 5.01. The Morgan fingerprint density at radius 1 is 1.53 bits per heavy atom. The maximum absolute atomic E-state index is 12.0. The van der Waals surface area contributed by atoms with E-state index in [-0.39, 0.29) is 18.3 Å². The lowest BCUT2D eigenvalue weighted by Gasteiger charge is -2.29. The van der Waals surface area contributed by atoms with E-state index in [0.29, 0.717) is 13.1 Å². The third-order valence-corrected chi connectivity index (χ3v) is 2.98. The average Bonchev–Trinajstić information content (AvgIpc) is 2.75. The summed E-state index contributed by atoms with van der Waals surface area (Å²) in [5.41, 5.74) is 0.864. The molecule has 2 heterocycles. The summed E-state index contributed by atoms with van der Waals surface area (Å²) >= 11 is 0. The molecule has 0 spiro atoms. The Kier molecular flexibility index (Phi) is 6.27. The first-order valence-corrected chi connectivity index (χ1v) is 6.24. The number of nitrogens with zero attached hydrogens (tertiary/aromatic N) is 3. The topological polar surface area (TPSA) is 61.6 Å². The molecular weight excluding hydrogens is 268 g/mol. The fourth-order valence-electron chi connectivity index (χ4n) is 2.07. The lowest BCUT2D eigenvalue weighted by atomic mass is 10.3. The van der Waals surface area contributed by atoms with Gasteiger partial charge in [0.15, 0.2) is 0 Å². The van der Waals surface area contributed by atoms with E-state index < -0.39 is 0 Å². The lowest BCUT2D eigenvalue weighted by molar-refractivity contribution is -0.132. The zero-order valence-corrected chi connectivity index (χ0v) is 12.2. The van der Waals surface area contributed by atoms with E-state index in [2.05, 4.69) is 10.5 Å². The monoisotopic (exact) mass is 288 g/mol. The molecule has 7 heteroatoms. The standard InChI is InChI=1S/C12H20N4O2.ClH/c1-10-7-11(14-18-10)8-15(2)9-12(17)16-5-3-13-4-6-16;/h7,13H,3-6,8-9H2,1-2H3;1H. The molecule has 0 bridgehead atoms. The van der Waals surface area contributed by atoms with Gasteiger partial charge in [-0.25, -0.2) is 0 Å². The van der Waals surface area contributed by atoms with Crippen LogP contribution in [0.1, 0.15) is 11.5 Å². The third-order valence-electron chi connectivity index (χ3n) is 2.98. The number of hydrogen-bond donors (Lipinski definition) is 1. The van der Waals surface area contributed by atoms with Gasteiger partial charge >= 0.3 is 0 Å². The van der Waals surface area contributed by atoms with Crippen molar-refractivity contribution in [1.29, 1.82) is 0 Å². The molecule has 108 valence electrons. The molecular formula is C12H21ClN4O2. The number of hydrogen-bond acceptors (Lipinski definition) is 5. The number of piperazine rings is 1. The Hall–Kier alpha value is -1.11. The fraction of sp³-hybridized carbons (Fsp3) is 0.667. The molecule has 0 unspecified atom stereocenters. The minimum atomic E-state index is 0. The van der Waals surface area contributed by atoms with Crippen molar-refractivity contribution < 1.29 is 9.32 Å². The number of rotatable bonds is 4. The number of aromatic nitrogens is 1. The number of aryl methyl sites for hydroxylation is 1. The van der Waals surface area contributed by atoms with E-state index in [4.69, 9.17) is 4.52 Å². The molecule has 1 aromatic heterocycles. The summed E-state index contributed by atoms with van der Waals surface area (Å²) in [6, 6.07) is 1.89. The van der Waals surface area contributed by atoms with Crippen LogP contribution >= 0.6 is 12.4 Å². The molecule has 0 saturated carbocycles. The molecule has 2 rings (SSSR count). The van der Waals surface area contributed by atoms with Crippen LogP contribution in [0.5, 0.6) is 0 Å². The first-order valence-electron chi connectivity index (χ1n) is 6.24. The smallest absolute Gasteiger partial charge is 0.236 e. The molecule has 1 aromatic rings. The van der Waals surface area contributed by atoms with Gasteiger partial charge in [0.25, 0.3) is 0 Å². The third kappa shape index (κ3) is 4.81. The van der Waals surface area contributed by atoms with Gasteiger partial charge < -0.3 is 14.7 Å². The molecule has 6 nitrogen and oxygen atoms in total. The van der Waals surface area contributed by atoms with E-state index >= 15 is 0 Å². The first kappa shape index (κ1) is 15.9. The number of nitrogens with one attached hydrogen (secondary N) is 1. The van der Waals surface area contributed by atoms with Crippen molar-refractivity contribution in [3.05, 3.63) is 17.5 Å². The van der Waals surface area contributed by atoms with Crippen LogP contribution in [-0.2, 0) is 11.3 Å². The van der Waals surface area contributed by atoms with Crippen LogP contribution in [0.3, 0.4) is 0 Å². The minimum absolute atomic E-state index is 0. The van der Waals surface area contributed by atoms with Crippen molar-refractivity contribution >= 4 is 18.3 Å². The zero-order chi connectivity index (χ0) is 13.0. The van der Waals surface area contributed by atoms with Crippen LogP contribution in [0.15, 0.2) is 10.6 Å². The van der Waals surface area contributed by atoms with Gasteiger partial charge in [-0.2, -0.15) is 0 Å². The van der Waals surface area contributed by atoms with Gasteiger partial charge in [0, 0.05) is 38.8 Å². The van der Waals surface area contributed by atoms with E-state index in [1.54, 1.807) is 0 Å². The average molecular weight is 289 g/mol. The van der Waals surface area contributed by atoms with Crippen molar-refractivity contribution in [3.63, 3.8) is 0 Å². The molecule has 1 amide bonds. The van der Waals surface area contributed by atoms with E-state index in [9.17, 15) is 4.79 Å². The quantitative estimate of drug-likeness (QED) is 0.862. The number of carbonyl (C=O) groups is 1. The van der Waals surface area contributed by atoms with Gasteiger partial charge in [-0.05, 0) is 14.0 Å². The highest BCUT2D eigenvalue weighted by Crippen LogP contribution is 2.05. The number of amides is 1. The van der Waals surface area contributed by atoms with Crippen molar-refractivity contribution in [2.24, 2.45) is 0 Å². The number of likely N-dealkylation sites (N-methyl/N-ethyl adjacent to an activating group) is 1. The summed E-state index contributed by atoms with van der Waals surface area (Å²) in [5.74, 6) is 0.978. The van der Waals surface area contributed by atoms with Gasteiger partial charge in [0.1, 0.15) is 5.76 Å². The second-order valence-electron chi connectivity index (χ2n) is 4.73. The Morgan fingerprint density at radius 2 is 2.21 bits per heavy atom. The van der Waals surface area contributed by atoms with Crippen LogP contribution in [0.25, 0.3) is 0 Å². The van der Waals surface area contributed by atoms with Crippen molar-refractivity contribution in [2.75, 3.05) is 39.8 Å². The first-order chi connectivity index (χ1) is 8.65.